The predicted octanol–water partition coefficient (Wildman–Crippen LogP) is 4.00. The van der Waals surface area contributed by atoms with E-state index in [-0.39, 0.29) is 0 Å². The minimum absolute atomic E-state index is 0.398. The number of hydrogen-bond donors (Lipinski definition) is 0. The largest absolute Gasteiger partial charge is 0.493 e. The van der Waals surface area contributed by atoms with Crippen LogP contribution in [0.25, 0.3) is 0 Å². The van der Waals surface area contributed by atoms with Gasteiger partial charge in [-0.15, -0.1) is 0 Å². The Morgan fingerprint density at radius 2 is 1.64 bits per heavy atom. The molecule has 0 radical (unpaired) electrons. The second kappa shape index (κ2) is 7.09. The molecular weight excluding hydrogens is 314 g/mol. The molecule has 0 saturated carbocycles. The highest BCUT2D eigenvalue weighted by Crippen LogP contribution is 2.32. The van der Waals surface area contributed by atoms with Gasteiger partial charge in [-0.05, 0) is 62.4 Å². The number of anilines is 1. The summed E-state index contributed by atoms with van der Waals surface area (Å²) >= 11 is 0. The highest BCUT2D eigenvalue weighted by atomic mass is 16.5. The average molecular weight is 337 g/mol. The van der Waals surface area contributed by atoms with Gasteiger partial charge in [0, 0.05) is 6.54 Å². The van der Waals surface area contributed by atoms with Crippen LogP contribution in [-0.4, -0.2) is 24.8 Å². The maximum atomic E-state index is 12.2. The Labute approximate surface area is 148 Å². The summed E-state index contributed by atoms with van der Waals surface area (Å²) in [5.41, 5.74) is 4.63. The molecule has 0 N–H and O–H groups in total. The summed E-state index contributed by atoms with van der Waals surface area (Å²) in [6.45, 7) is 7.19. The van der Waals surface area contributed by atoms with Gasteiger partial charge < -0.3 is 9.64 Å². The number of fused-ring (bicyclic) bond motifs is 1. The molecule has 130 valence electrons. The fraction of sp³-hybridized carbons (Fsp3) is 0.333. The third-order valence-corrected chi connectivity index (χ3v) is 4.78. The number of rotatable bonds is 6. The monoisotopic (exact) mass is 337 g/mol. The zero-order valence-corrected chi connectivity index (χ0v) is 15.0. The fourth-order valence-corrected chi connectivity index (χ4v) is 3.19. The van der Waals surface area contributed by atoms with Crippen molar-refractivity contribution < 1.29 is 14.3 Å². The van der Waals surface area contributed by atoms with E-state index in [4.69, 9.17) is 4.74 Å². The summed E-state index contributed by atoms with van der Waals surface area (Å²) in [6, 6.07) is 11.5. The summed E-state index contributed by atoms with van der Waals surface area (Å²) in [5, 5.41) is 0. The molecule has 1 aliphatic heterocycles. The molecule has 2 aromatic rings. The topological polar surface area (TPSA) is 46.6 Å². The molecule has 0 spiro atoms. The zero-order chi connectivity index (χ0) is 18.0. The number of benzene rings is 2. The molecule has 3 rings (SSSR count). The standard InChI is InChI=1S/C21H23NO3/c1-14-8-7-11-18(16(14)3)25-13-5-4-12-22-19-15(2)9-6-10-17(19)20(23)21(22)24/h6-11H,4-5,12-13H2,1-3H3. The number of amides is 1. The van der Waals surface area contributed by atoms with Crippen molar-refractivity contribution in [2.24, 2.45) is 0 Å². The maximum absolute atomic E-state index is 12.2. The van der Waals surface area contributed by atoms with Gasteiger partial charge in [0.1, 0.15) is 5.75 Å². The normalized spacial score (nSPS) is 13.3. The Hall–Kier alpha value is -2.62. The quantitative estimate of drug-likeness (QED) is 0.591. The molecule has 0 aromatic heterocycles. The van der Waals surface area contributed by atoms with Crippen molar-refractivity contribution >= 4 is 17.4 Å². The van der Waals surface area contributed by atoms with E-state index in [1.807, 2.05) is 31.2 Å². The number of para-hydroxylation sites is 1. The minimum Gasteiger partial charge on any atom is -0.493 e. The van der Waals surface area contributed by atoms with Crippen LogP contribution in [0, 0.1) is 20.8 Å². The molecule has 4 nitrogen and oxygen atoms in total. The third kappa shape index (κ3) is 3.29. The van der Waals surface area contributed by atoms with Crippen molar-refractivity contribution in [2.75, 3.05) is 18.1 Å². The molecule has 0 atom stereocenters. The van der Waals surface area contributed by atoms with Crippen LogP contribution in [0.15, 0.2) is 36.4 Å². The number of carbonyl (C=O) groups excluding carboxylic acids is 2. The molecule has 0 fully saturated rings. The summed E-state index contributed by atoms with van der Waals surface area (Å²) in [7, 11) is 0. The molecule has 1 aliphatic rings. The second-order valence-corrected chi connectivity index (χ2v) is 6.51. The Morgan fingerprint density at radius 3 is 2.44 bits per heavy atom. The highest BCUT2D eigenvalue weighted by Gasteiger charge is 2.36. The number of unbranched alkanes of at least 4 members (excludes halogenated alkanes) is 1. The first-order valence-electron chi connectivity index (χ1n) is 8.65. The van der Waals surface area contributed by atoms with E-state index in [0.29, 0.717) is 18.7 Å². The van der Waals surface area contributed by atoms with Gasteiger partial charge >= 0.3 is 0 Å². The molecule has 0 unspecified atom stereocenters. The minimum atomic E-state index is -0.417. The maximum Gasteiger partial charge on any atom is 0.299 e. The Bertz CT molecular complexity index is 826. The van der Waals surface area contributed by atoms with E-state index in [2.05, 4.69) is 19.9 Å². The van der Waals surface area contributed by atoms with Crippen molar-refractivity contribution in [3.63, 3.8) is 0 Å². The number of nitrogens with zero attached hydrogens (tertiary/aromatic N) is 1. The molecule has 25 heavy (non-hydrogen) atoms. The molecule has 4 heteroatoms. The summed E-state index contributed by atoms with van der Waals surface area (Å²) in [5.74, 6) is 0.0960. The van der Waals surface area contributed by atoms with Gasteiger partial charge in [-0.1, -0.05) is 24.3 Å². The lowest BCUT2D eigenvalue weighted by molar-refractivity contribution is -0.114. The van der Waals surface area contributed by atoms with Crippen molar-refractivity contribution in [3.05, 3.63) is 58.7 Å². The van der Waals surface area contributed by atoms with Crippen LogP contribution in [0.3, 0.4) is 0 Å². The number of Topliss-reactive ketones (excluding diaryl/α,β-unsaturated/α-hetero) is 1. The average Bonchev–Trinajstić information content (AvgIpc) is 2.84. The Kier molecular flexibility index (Phi) is 4.88. The first kappa shape index (κ1) is 17.2. The number of ether oxygens (including phenoxy) is 1. The zero-order valence-electron chi connectivity index (χ0n) is 15.0. The first-order valence-corrected chi connectivity index (χ1v) is 8.65. The molecule has 1 heterocycles. The SMILES string of the molecule is Cc1cccc(OCCCCN2C(=O)C(=O)c3cccc(C)c32)c1C. The van der Waals surface area contributed by atoms with Gasteiger partial charge in [0.2, 0.25) is 0 Å². The van der Waals surface area contributed by atoms with Crippen molar-refractivity contribution in [1.82, 2.24) is 0 Å². The molecule has 2 aromatic carbocycles. The smallest absolute Gasteiger partial charge is 0.299 e. The van der Waals surface area contributed by atoms with Gasteiger partial charge in [-0.2, -0.15) is 0 Å². The Morgan fingerprint density at radius 1 is 0.920 bits per heavy atom. The molecule has 0 saturated heterocycles. The fourth-order valence-electron chi connectivity index (χ4n) is 3.19. The van der Waals surface area contributed by atoms with Crippen LogP contribution < -0.4 is 9.64 Å². The number of hydrogen-bond acceptors (Lipinski definition) is 3. The highest BCUT2D eigenvalue weighted by molar-refractivity contribution is 6.52. The van der Waals surface area contributed by atoms with Gasteiger partial charge in [-0.3, -0.25) is 9.59 Å². The van der Waals surface area contributed by atoms with E-state index >= 15 is 0 Å². The second-order valence-electron chi connectivity index (χ2n) is 6.51. The van der Waals surface area contributed by atoms with Gasteiger partial charge in [0.25, 0.3) is 11.7 Å². The van der Waals surface area contributed by atoms with E-state index in [9.17, 15) is 9.59 Å². The van der Waals surface area contributed by atoms with Crippen LogP contribution in [0.1, 0.15) is 39.9 Å². The van der Waals surface area contributed by atoms with Crippen LogP contribution in [0.4, 0.5) is 5.69 Å². The Balaban J connectivity index is 1.56. The number of ketones is 1. The summed E-state index contributed by atoms with van der Waals surface area (Å²) < 4.78 is 5.85. The molecule has 0 bridgehead atoms. The van der Waals surface area contributed by atoms with Crippen LogP contribution in [-0.2, 0) is 4.79 Å². The lowest BCUT2D eigenvalue weighted by Crippen LogP contribution is -2.31. The molecule has 1 amide bonds. The van der Waals surface area contributed by atoms with Crippen LogP contribution >= 0.6 is 0 Å². The van der Waals surface area contributed by atoms with Gasteiger partial charge in [0.15, 0.2) is 0 Å². The first-order chi connectivity index (χ1) is 12.0. The lowest BCUT2D eigenvalue weighted by Gasteiger charge is -2.18. The van der Waals surface area contributed by atoms with E-state index in [1.165, 1.54) is 5.56 Å². The van der Waals surface area contributed by atoms with Crippen molar-refractivity contribution in [2.45, 2.75) is 33.6 Å². The summed E-state index contributed by atoms with van der Waals surface area (Å²) in [4.78, 5) is 25.9. The van der Waals surface area contributed by atoms with Crippen molar-refractivity contribution in [1.29, 1.82) is 0 Å². The predicted molar refractivity (Wildman–Crippen MR) is 98.5 cm³/mol. The van der Waals surface area contributed by atoms with Gasteiger partial charge in [-0.25, -0.2) is 0 Å². The van der Waals surface area contributed by atoms with Crippen molar-refractivity contribution in [3.8, 4) is 5.75 Å². The third-order valence-electron chi connectivity index (χ3n) is 4.78. The molecule has 0 aliphatic carbocycles. The number of aryl methyl sites for hydroxylation is 2. The summed E-state index contributed by atoms with van der Waals surface area (Å²) in [6.07, 6.45) is 1.62. The van der Waals surface area contributed by atoms with Crippen LogP contribution in [0.2, 0.25) is 0 Å². The van der Waals surface area contributed by atoms with E-state index in [1.54, 1.807) is 11.0 Å². The van der Waals surface area contributed by atoms with E-state index in [0.717, 1.165) is 35.4 Å². The van der Waals surface area contributed by atoms with Gasteiger partial charge in [0.05, 0.1) is 17.9 Å². The van der Waals surface area contributed by atoms with E-state index < -0.39 is 11.7 Å². The van der Waals surface area contributed by atoms with Crippen LogP contribution in [0.5, 0.6) is 5.75 Å². The molecular formula is C21H23NO3. The number of carbonyl (C=O) groups is 2. The lowest BCUT2D eigenvalue weighted by atomic mass is 10.1.